The summed E-state index contributed by atoms with van der Waals surface area (Å²) < 4.78 is 43.1. The largest absolute Gasteiger partial charge is 0.490 e. The van der Waals surface area contributed by atoms with E-state index in [1.807, 2.05) is 48.5 Å². The van der Waals surface area contributed by atoms with Gasteiger partial charge in [0, 0.05) is 38.3 Å². The number of piperidine rings is 2. The first-order chi connectivity index (χ1) is 29.2. The van der Waals surface area contributed by atoms with Crippen LogP contribution in [0, 0.1) is 25.5 Å². The van der Waals surface area contributed by atoms with Gasteiger partial charge in [0.05, 0.1) is 27.7 Å². The monoisotopic (exact) mass is 814 g/mol. The van der Waals surface area contributed by atoms with Crippen LogP contribution in [-0.2, 0) is 0 Å². The number of aromatic nitrogens is 4. The first-order valence-electron chi connectivity index (χ1n) is 21.6. The fourth-order valence-corrected chi connectivity index (χ4v) is 9.11. The highest BCUT2D eigenvalue weighted by Gasteiger charge is 2.30. The molecule has 0 amide bonds. The Kier molecular flexibility index (Phi) is 11.5. The molecule has 0 N–H and O–H groups in total. The van der Waals surface area contributed by atoms with Crippen LogP contribution in [-0.4, -0.2) is 79.4 Å². The lowest BCUT2D eigenvalue weighted by Gasteiger charge is -2.41. The molecule has 2 saturated heterocycles. The summed E-state index contributed by atoms with van der Waals surface area (Å²) in [5, 5.41) is 0.554. The van der Waals surface area contributed by atoms with Gasteiger partial charge in [-0.3, -0.25) is 18.7 Å². The maximum atomic E-state index is 14.0. The summed E-state index contributed by atoms with van der Waals surface area (Å²) in [4.78, 5) is 39.9. The third-order valence-electron chi connectivity index (χ3n) is 12.9. The topological polar surface area (TPSA) is 94.7 Å². The highest BCUT2D eigenvalue weighted by atomic mass is 19.1. The number of nitrogens with zero attached hydrogens (tertiary/aromatic N) is 6. The second-order valence-electron chi connectivity index (χ2n) is 16.8. The van der Waals surface area contributed by atoms with Gasteiger partial charge in [0.25, 0.3) is 11.1 Å². The lowest BCUT2D eigenvalue weighted by molar-refractivity contribution is 0.0492. The zero-order valence-corrected chi connectivity index (χ0v) is 34.4. The van der Waals surface area contributed by atoms with E-state index in [1.165, 1.54) is 78.0 Å². The van der Waals surface area contributed by atoms with Gasteiger partial charge in [-0.05, 0) is 144 Å². The molecule has 0 bridgehead atoms. The minimum atomic E-state index is -0.480. The van der Waals surface area contributed by atoms with Crippen molar-refractivity contribution in [2.24, 2.45) is 0 Å². The molecule has 4 aliphatic rings. The van der Waals surface area contributed by atoms with E-state index in [1.54, 1.807) is 19.9 Å². The number of ether oxygens (including phenoxy) is 2. The van der Waals surface area contributed by atoms with Crippen molar-refractivity contribution in [2.75, 3.05) is 26.2 Å². The van der Waals surface area contributed by atoms with Gasteiger partial charge in [-0.1, -0.05) is 18.9 Å². The maximum Gasteiger partial charge on any atom is 0.266 e. The fraction of sp³-hybridized carbons (Fsp3) is 0.417. The van der Waals surface area contributed by atoms with Gasteiger partial charge in [-0.15, -0.1) is 0 Å². The quantitative estimate of drug-likeness (QED) is 0.151. The molecule has 4 fully saturated rings. The number of rotatable bonds is 8. The summed E-state index contributed by atoms with van der Waals surface area (Å²) in [5.74, 6) is 1.72. The van der Waals surface area contributed by atoms with Crippen molar-refractivity contribution in [3.63, 3.8) is 0 Å². The molecule has 12 heteroatoms. The van der Waals surface area contributed by atoms with E-state index >= 15 is 0 Å². The van der Waals surface area contributed by atoms with Crippen LogP contribution < -0.4 is 20.6 Å². The van der Waals surface area contributed by atoms with Crippen molar-refractivity contribution in [2.45, 2.75) is 102 Å². The van der Waals surface area contributed by atoms with E-state index in [2.05, 4.69) is 19.8 Å². The molecule has 0 spiro atoms. The highest BCUT2D eigenvalue weighted by Crippen LogP contribution is 2.30. The minimum absolute atomic E-state index is 0.115. The van der Waals surface area contributed by atoms with Gasteiger partial charge >= 0.3 is 0 Å². The average molecular weight is 815 g/mol. The van der Waals surface area contributed by atoms with Gasteiger partial charge in [0.1, 0.15) is 52.5 Å². The van der Waals surface area contributed by atoms with E-state index < -0.39 is 11.6 Å². The third-order valence-corrected chi connectivity index (χ3v) is 12.9. The molecule has 2 aliphatic heterocycles. The summed E-state index contributed by atoms with van der Waals surface area (Å²) in [7, 11) is 0. The number of fused-ring (bicyclic) bond motifs is 2. The highest BCUT2D eigenvalue weighted by molar-refractivity contribution is 5.79. The number of halogens is 2. The smallest absolute Gasteiger partial charge is 0.266 e. The molecule has 0 atom stereocenters. The Bertz CT molecular complexity index is 2490. The van der Waals surface area contributed by atoms with Crippen LogP contribution in [0.5, 0.6) is 11.5 Å². The van der Waals surface area contributed by atoms with Gasteiger partial charge in [-0.25, -0.2) is 18.7 Å². The van der Waals surface area contributed by atoms with E-state index in [4.69, 9.17) is 9.47 Å². The molecule has 2 saturated carbocycles. The Morgan fingerprint density at radius 1 is 0.567 bits per heavy atom. The average Bonchev–Trinajstić information content (AvgIpc) is 3.20. The first-order valence-corrected chi connectivity index (χ1v) is 21.6. The summed E-state index contributed by atoms with van der Waals surface area (Å²) in [6.07, 6.45) is 12.8. The fourth-order valence-electron chi connectivity index (χ4n) is 9.11. The van der Waals surface area contributed by atoms with E-state index in [-0.39, 0.29) is 39.6 Å². The molecule has 10 rings (SSSR count). The lowest BCUT2D eigenvalue weighted by Crippen LogP contribution is -2.46. The maximum absolute atomic E-state index is 14.0. The SMILES string of the molecule is Cc1nc2c(F)cccc2c(=O)n1-c1ccc(OC2CCN(C3CCC3)CC2)cc1.Cc1nc2ccc(F)cc2c(=O)n1-c1ccc(OC2CCN(C3CCC3)CC2)cc1. The molecule has 2 aromatic heterocycles. The Labute approximate surface area is 348 Å². The number of hydrogen-bond acceptors (Lipinski definition) is 8. The Morgan fingerprint density at radius 3 is 1.53 bits per heavy atom. The molecular formula is C48H52F2N6O4. The van der Waals surface area contributed by atoms with E-state index in [0.717, 1.165) is 75.4 Å². The normalized spacial score (nSPS) is 18.5. The van der Waals surface area contributed by atoms with Crippen LogP contribution >= 0.6 is 0 Å². The van der Waals surface area contributed by atoms with Crippen molar-refractivity contribution < 1.29 is 18.3 Å². The van der Waals surface area contributed by atoms with Crippen LogP contribution in [0.15, 0.2) is 94.5 Å². The van der Waals surface area contributed by atoms with E-state index in [9.17, 15) is 18.4 Å². The van der Waals surface area contributed by atoms with Crippen molar-refractivity contribution in [1.29, 1.82) is 0 Å². The van der Waals surface area contributed by atoms with Crippen molar-refractivity contribution in [3.05, 3.63) is 129 Å². The van der Waals surface area contributed by atoms with Crippen LogP contribution in [0.25, 0.3) is 33.2 Å². The van der Waals surface area contributed by atoms with Crippen LogP contribution in [0.4, 0.5) is 8.78 Å². The molecule has 2 aliphatic carbocycles. The standard InChI is InChI=1S/2C24H26FN3O2/c1-16-26-23-21(6-3-7-22(23)25)24(29)28(16)18-8-10-19(11-9-18)30-20-12-14-27(15-13-20)17-4-2-5-17;1-16-26-23-10-5-17(25)15-22(23)24(29)28(16)19-6-8-20(9-7-19)30-21-11-13-27(14-12-21)18-3-2-4-18/h3,6-11,17,20H,2,4-5,12-15H2,1H3;5-10,15,18,21H,2-4,11-14H2,1H3. The van der Waals surface area contributed by atoms with Gasteiger partial charge < -0.3 is 19.3 Å². The number of aryl methyl sites for hydroxylation is 2. The predicted octanol–water partition coefficient (Wildman–Crippen LogP) is 8.46. The second-order valence-corrected chi connectivity index (χ2v) is 16.8. The summed E-state index contributed by atoms with van der Waals surface area (Å²) in [5.41, 5.74) is 1.47. The minimum Gasteiger partial charge on any atom is -0.490 e. The van der Waals surface area contributed by atoms with Gasteiger partial charge in [-0.2, -0.15) is 0 Å². The number of hydrogen-bond donors (Lipinski definition) is 0. The van der Waals surface area contributed by atoms with Crippen LogP contribution in [0.2, 0.25) is 0 Å². The molecular weight excluding hydrogens is 763 g/mol. The Balaban J connectivity index is 0.000000154. The molecule has 0 radical (unpaired) electrons. The van der Waals surface area contributed by atoms with Gasteiger partial charge in [0.2, 0.25) is 0 Å². The first kappa shape index (κ1) is 40.0. The lowest BCUT2D eigenvalue weighted by atomic mass is 9.90. The molecule has 4 heterocycles. The summed E-state index contributed by atoms with van der Waals surface area (Å²) in [6, 6.07) is 25.2. The Hall–Kier alpha value is -5.46. The van der Waals surface area contributed by atoms with Crippen LogP contribution in [0.1, 0.15) is 75.9 Å². The van der Waals surface area contributed by atoms with Crippen molar-refractivity contribution >= 4 is 21.8 Å². The van der Waals surface area contributed by atoms with Crippen LogP contribution in [0.3, 0.4) is 0 Å². The predicted molar refractivity (Wildman–Crippen MR) is 230 cm³/mol. The number of para-hydroxylation sites is 1. The summed E-state index contributed by atoms with van der Waals surface area (Å²) in [6.45, 7) is 7.95. The zero-order chi connectivity index (χ0) is 41.3. The number of benzene rings is 4. The Morgan fingerprint density at radius 2 is 1.05 bits per heavy atom. The van der Waals surface area contributed by atoms with Gasteiger partial charge in [0.15, 0.2) is 0 Å². The van der Waals surface area contributed by atoms with Crippen molar-refractivity contribution in [3.8, 4) is 22.9 Å². The molecule has 6 aromatic rings. The van der Waals surface area contributed by atoms with E-state index in [0.29, 0.717) is 28.5 Å². The summed E-state index contributed by atoms with van der Waals surface area (Å²) >= 11 is 0. The molecule has 4 aromatic carbocycles. The molecule has 312 valence electrons. The molecule has 60 heavy (non-hydrogen) atoms. The zero-order valence-electron chi connectivity index (χ0n) is 34.4. The van der Waals surface area contributed by atoms with Crippen molar-refractivity contribution in [1.82, 2.24) is 28.9 Å². The second kappa shape index (κ2) is 17.3. The number of likely N-dealkylation sites (tertiary alicyclic amines) is 2. The third kappa shape index (κ3) is 8.32. The molecule has 10 nitrogen and oxygen atoms in total. The molecule has 0 unspecified atom stereocenters.